The van der Waals surface area contributed by atoms with Gasteiger partial charge in [0.1, 0.15) is 5.82 Å². The minimum atomic E-state index is 0.192. The third-order valence-electron chi connectivity index (χ3n) is 5.17. The summed E-state index contributed by atoms with van der Waals surface area (Å²) in [6, 6.07) is 19.1. The minimum Gasteiger partial charge on any atom is -0.378 e. The van der Waals surface area contributed by atoms with Gasteiger partial charge in [-0.05, 0) is 24.1 Å². The highest BCUT2D eigenvalue weighted by Gasteiger charge is 2.29. The number of para-hydroxylation sites is 2. The summed E-state index contributed by atoms with van der Waals surface area (Å²) in [6.45, 7) is 3.68. The smallest absolute Gasteiger partial charge is 0.121 e. The minimum absolute atomic E-state index is 0.192. The fourth-order valence-electron chi connectivity index (χ4n) is 3.73. The fourth-order valence-corrected chi connectivity index (χ4v) is 3.73. The van der Waals surface area contributed by atoms with E-state index >= 15 is 0 Å². The molecular weight excluding hydrogens is 324 g/mol. The number of aromatic amines is 1. The van der Waals surface area contributed by atoms with Gasteiger partial charge in [0.2, 0.25) is 0 Å². The highest BCUT2D eigenvalue weighted by atomic mass is 16.5. The van der Waals surface area contributed by atoms with Crippen LogP contribution in [0.25, 0.3) is 11.0 Å². The van der Waals surface area contributed by atoms with Crippen LogP contribution in [0.2, 0.25) is 0 Å². The number of nitrogens with one attached hydrogen (secondary N) is 2. The standard InChI is InChI=1S/C21H26N4O/c1-26-20-14-25(15-21-23-17-9-5-6-10-18(17)24-21)12-11-19(20)22-13-16-7-3-2-4-8-16/h2-10,19-20,22H,11-15H2,1H3,(H,23,24)/t19-,20+/m1/s1. The first-order chi connectivity index (χ1) is 12.8. The lowest BCUT2D eigenvalue weighted by atomic mass is 10.0. The molecule has 1 fully saturated rings. The van der Waals surface area contributed by atoms with Crippen LogP contribution in [0.4, 0.5) is 0 Å². The van der Waals surface area contributed by atoms with Gasteiger partial charge in [-0.2, -0.15) is 0 Å². The molecule has 0 spiro atoms. The van der Waals surface area contributed by atoms with E-state index < -0.39 is 0 Å². The third kappa shape index (κ3) is 3.96. The van der Waals surface area contributed by atoms with E-state index in [9.17, 15) is 0 Å². The zero-order valence-corrected chi connectivity index (χ0v) is 15.2. The maximum absolute atomic E-state index is 5.78. The average molecular weight is 350 g/mol. The van der Waals surface area contributed by atoms with Crippen LogP contribution in [0.5, 0.6) is 0 Å². The number of imidazole rings is 1. The van der Waals surface area contributed by atoms with Gasteiger partial charge in [-0.1, -0.05) is 42.5 Å². The third-order valence-corrected chi connectivity index (χ3v) is 5.17. The molecule has 0 bridgehead atoms. The molecule has 2 atom stereocenters. The Morgan fingerprint density at radius 3 is 2.77 bits per heavy atom. The van der Waals surface area contributed by atoms with E-state index in [0.29, 0.717) is 6.04 Å². The highest BCUT2D eigenvalue weighted by molar-refractivity contribution is 5.74. The molecule has 4 rings (SSSR count). The van der Waals surface area contributed by atoms with Crippen LogP contribution < -0.4 is 5.32 Å². The summed E-state index contributed by atoms with van der Waals surface area (Å²) >= 11 is 0. The number of benzene rings is 2. The summed E-state index contributed by atoms with van der Waals surface area (Å²) in [7, 11) is 1.81. The predicted molar refractivity (Wildman–Crippen MR) is 104 cm³/mol. The molecule has 0 radical (unpaired) electrons. The molecule has 5 nitrogen and oxygen atoms in total. The fraction of sp³-hybridized carbons (Fsp3) is 0.381. The average Bonchev–Trinajstić information content (AvgIpc) is 3.10. The van der Waals surface area contributed by atoms with Crippen molar-refractivity contribution in [3.63, 3.8) is 0 Å². The lowest BCUT2D eigenvalue weighted by Gasteiger charge is -2.38. The molecule has 3 aromatic rings. The Bertz CT molecular complexity index is 799. The Morgan fingerprint density at radius 2 is 1.96 bits per heavy atom. The second-order valence-electron chi connectivity index (χ2n) is 6.97. The SMILES string of the molecule is CO[C@H]1CN(Cc2nc3ccccc3[nH]2)CC[C@H]1NCc1ccccc1. The molecule has 26 heavy (non-hydrogen) atoms. The molecule has 2 aromatic carbocycles. The molecule has 136 valence electrons. The van der Waals surface area contributed by atoms with Crippen LogP contribution in [-0.2, 0) is 17.8 Å². The summed E-state index contributed by atoms with van der Waals surface area (Å²) in [5.41, 5.74) is 3.45. The van der Waals surface area contributed by atoms with Gasteiger partial charge in [0.05, 0.1) is 23.7 Å². The Balaban J connectivity index is 1.35. The van der Waals surface area contributed by atoms with Gasteiger partial charge in [-0.15, -0.1) is 0 Å². The number of likely N-dealkylation sites (tertiary alicyclic amines) is 1. The molecule has 0 unspecified atom stereocenters. The monoisotopic (exact) mass is 350 g/mol. The zero-order chi connectivity index (χ0) is 17.8. The number of ether oxygens (including phenoxy) is 1. The first-order valence-electron chi connectivity index (χ1n) is 9.28. The van der Waals surface area contributed by atoms with Crippen LogP contribution in [0.3, 0.4) is 0 Å². The lowest BCUT2D eigenvalue weighted by molar-refractivity contribution is 0.00213. The summed E-state index contributed by atoms with van der Waals surface area (Å²) in [5, 5.41) is 3.67. The second-order valence-corrected chi connectivity index (χ2v) is 6.97. The number of H-pyrrole nitrogens is 1. The topological polar surface area (TPSA) is 53.2 Å². The van der Waals surface area contributed by atoms with Crippen molar-refractivity contribution in [1.82, 2.24) is 20.2 Å². The Kier molecular flexibility index (Phi) is 5.29. The van der Waals surface area contributed by atoms with Crippen molar-refractivity contribution in [2.45, 2.75) is 31.7 Å². The second kappa shape index (κ2) is 7.99. The van der Waals surface area contributed by atoms with Crippen molar-refractivity contribution in [3.8, 4) is 0 Å². The number of hydrogen-bond acceptors (Lipinski definition) is 4. The number of fused-ring (bicyclic) bond motifs is 1. The zero-order valence-electron chi connectivity index (χ0n) is 15.2. The molecule has 0 saturated carbocycles. The molecule has 1 aliphatic heterocycles. The predicted octanol–water partition coefficient (Wildman–Crippen LogP) is 2.94. The number of hydrogen-bond donors (Lipinski definition) is 2. The number of piperidine rings is 1. The summed E-state index contributed by atoms with van der Waals surface area (Å²) in [4.78, 5) is 10.5. The van der Waals surface area contributed by atoms with Crippen LogP contribution >= 0.6 is 0 Å². The van der Waals surface area contributed by atoms with Crippen LogP contribution in [0, 0.1) is 0 Å². The first kappa shape index (κ1) is 17.2. The maximum Gasteiger partial charge on any atom is 0.121 e. The van der Waals surface area contributed by atoms with E-state index in [1.165, 1.54) is 5.56 Å². The van der Waals surface area contributed by atoms with Crippen molar-refractivity contribution >= 4 is 11.0 Å². The molecule has 1 aromatic heterocycles. The van der Waals surface area contributed by atoms with Crippen LogP contribution in [-0.4, -0.2) is 47.2 Å². The molecule has 0 amide bonds. The van der Waals surface area contributed by atoms with E-state index in [1.807, 2.05) is 25.3 Å². The molecule has 2 heterocycles. The summed E-state index contributed by atoms with van der Waals surface area (Å²) in [6.07, 6.45) is 1.27. The van der Waals surface area contributed by atoms with Crippen molar-refractivity contribution in [2.24, 2.45) is 0 Å². The largest absolute Gasteiger partial charge is 0.378 e. The van der Waals surface area contributed by atoms with Gasteiger partial charge < -0.3 is 15.0 Å². The Hall–Kier alpha value is -2.21. The number of rotatable bonds is 6. The maximum atomic E-state index is 5.78. The summed E-state index contributed by atoms with van der Waals surface area (Å²) in [5.74, 6) is 1.02. The normalized spacial score (nSPS) is 21.3. The van der Waals surface area contributed by atoms with Crippen LogP contribution in [0.15, 0.2) is 54.6 Å². The van der Waals surface area contributed by atoms with Gasteiger partial charge in [-0.3, -0.25) is 4.90 Å². The van der Waals surface area contributed by atoms with Crippen LogP contribution in [0.1, 0.15) is 17.8 Å². The van der Waals surface area contributed by atoms with E-state index in [4.69, 9.17) is 9.72 Å². The van der Waals surface area contributed by atoms with Crippen molar-refractivity contribution < 1.29 is 4.74 Å². The quantitative estimate of drug-likeness (QED) is 0.718. The number of methoxy groups -OCH3 is 1. The van der Waals surface area contributed by atoms with Crippen molar-refractivity contribution in [3.05, 3.63) is 66.0 Å². The first-order valence-corrected chi connectivity index (χ1v) is 9.28. The number of aromatic nitrogens is 2. The number of nitrogens with zero attached hydrogens (tertiary/aromatic N) is 2. The molecule has 0 aliphatic carbocycles. The van der Waals surface area contributed by atoms with Gasteiger partial charge in [-0.25, -0.2) is 4.98 Å². The van der Waals surface area contributed by atoms with E-state index in [1.54, 1.807) is 0 Å². The van der Waals surface area contributed by atoms with Gasteiger partial charge >= 0.3 is 0 Å². The molecular formula is C21H26N4O. The van der Waals surface area contributed by atoms with Crippen molar-refractivity contribution in [1.29, 1.82) is 0 Å². The molecule has 1 aliphatic rings. The van der Waals surface area contributed by atoms with E-state index in [0.717, 1.165) is 49.5 Å². The van der Waals surface area contributed by atoms with Gasteiger partial charge in [0.15, 0.2) is 0 Å². The molecule has 1 saturated heterocycles. The van der Waals surface area contributed by atoms with Gasteiger partial charge in [0.25, 0.3) is 0 Å². The molecule has 2 N–H and O–H groups in total. The Morgan fingerprint density at radius 1 is 1.15 bits per heavy atom. The summed E-state index contributed by atoms with van der Waals surface area (Å²) < 4.78 is 5.78. The van der Waals surface area contributed by atoms with Gasteiger partial charge in [0, 0.05) is 32.8 Å². The van der Waals surface area contributed by atoms with E-state index in [-0.39, 0.29) is 6.10 Å². The molecule has 5 heteroatoms. The lowest BCUT2D eigenvalue weighted by Crippen LogP contribution is -2.53. The highest BCUT2D eigenvalue weighted by Crippen LogP contribution is 2.18. The Labute approximate surface area is 154 Å². The van der Waals surface area contributed by atoms with E-state index in [2.05, 4.69) is 51.6 Å². The van der Waals surface area contributed by atoms with Crippen molar-refractivity contribution in [2.75, 3.05) is 20.2 Å².